The lowest BCUT2D eigenvalue weighted by Gasteiger charge is -2.35. The number of rotatable bonds is 5. The molecule has 160 valence electrons. The molecule has 0 saturated carbocycles. The number of likely N-dealkylation sites (tertiary alicyclic amines) is 2. The van der Waals surface area contributed by atoms with Crippen LogP contribution in [0, 0.1) is 11.3 Å². The van der Waals surface area contributed by atoms with E-state index in [-0.39, 0.29) is 23.9 Å². The van der Waals surface area contributed by atoms with Crippen LogP contribution in [0.25, 0.3) is 11.4 Å². The van der Waals surface area contributed by atoms with Crippen LogP contribution in [0.1, 0.15) is 19.3 Å². The molecule has 31 heavy (non-hydrogen) atoms. The van der Waals surface area contributed by atoms with Gasteiger partial charge in [-0.1, -0.05) is 12.1 Å². The van der Waals surface area contributed by atoms with Gasteiger partial charge in [-0.3, -0.25) is 14.5 Å². The number of hydrogen-bond donors (Lipinski definition) is 2. The maximum atomic E-state index is 13.1. The van der Waals surface area contributed by atoms with Crippen LogP contribution < -0.4 is 10.6 Å². The molecule has 0 unspecified atom stereocenters. The highest BCUT2D eigenvalue weighted by atomic mass is 16.2. The zero-order valence-electron chi connectivity index (χ0n) is 16.9. The number of aromatic amines is 1. The van der Waals surface area contributed by atoms with Crippen molar-refractivity contribution in [1.82, 2.24) is 30.4 Å². The van der Waals surface area contributed by atoms with Gasteiger partial charge in [-0.25, -0.2) is 0 Å². The first kappa shape index (κ1) is 19.6. The van der Waals surface area contributed by atoms with E-state index in [0.29, 0.717) is 38.3 Å². The van der Waals surface area contributed by atoms with E-state index in [4.69, 9.17) is 5.73 Å². The van der Waals surface area contributed by atoms with Gasteiger partial charge >= 0.3 is 0 Å². The number of nitrogens with zero attached hydrogens (tertiary/aromatic N) is 7. The second kappa shape index (κ2) is 7.72. The summed E-state index contributed by atoms with van der Waals surface area (Å²) in [5.74, 6) is 0.281. The molecule has 4 heterocycles. The van der Waals surface area contributed by atoms with Crippen LogP contribution >= 0.6 is 0 Å². The number of carbonyl (C=O) groups excluding carboxylic acids is 2. The van der Waals surface area contributed by atoms with E-state index in [9.17, 15) is 14.9 Å². The predicted molar refractivity (Wildman–Crippen MR) is 109 cm³/mol. The number of nitriles is 1. The number of tetrazole rings is 1. The van der Waals surface area contributed by atoms with Crippen molar-refractivity contribution in [2.24, 2.45) is 5.73 Å². The van der Waals surface area contributed by atoms with Gasteiger partial charge in [0, 0.05) is 30.9 Å². The third-order valence-corrected chi connectivity index (χ3v) is 6.43. The van der Waals surface area contributed by atoms with Crippen molar-refractivity contribution in [2.45, 2.75) is 43.4 Å². The molecular formula is C20H23N9O2. The number of benzene rings is 1. The summed E-state index contributed by atoms with van der Waals surface area (Å²) in [6.07, 6.45) is 2.22. The third-order valence-electron chi connectivity index (χ3n) is 6.43. The number of nitrogens with two attached hydrogens (primary N) is 1. The molecule has 4 atom stereocenters. The molecular weight excluding hydrogens is 398 g/mol. The molecule has 1 aromatic heterocycles. The highest BCUT2D eigenvalue weighted by Crippen LogP contribution is 2.36. The maximum Gasteiger partial charge on any atom is 0.244 e. The second-order valence-corrected chi connectivity index (χ2v) is 8.28. The number of anilines is 1. The minimum atomic E-state index is -0.740. The first-order chi connectivity index (χ1) is 15.1. The summed E-state index contributed by atoms with van der Waals surface area (Å²) in [5.41, 5.74) is 7.78. The monoisotopic (exact) mass is 421 g/mol. The molecule has 3 aliphatic heterocycles. The van der Waals surface area contributed by atoms with Crippen LogP contribution in [0.15, 0.2) is 24.3 Å². The van der Waals surface area contributed by atoms with Crippen LogP contribution in [0.2, 0.25) is 0 Å². The Hall–Kier alpha value is -3.36. The Balaban J connectivity index is 1.27. The summed E-state index contributed by atoms with van der Waals surface area (Å²) in [7, 11) is 0. The standard InChI is InChI=1S/C20H23N9O2/c21-9-14-5-2-6-28(14)19(30)16(22)11-27-10-15-8-17(27)20(31)29(15)13-4-1-3-12(7-13)18-23-25-26-24-18/h1,3-4,7,14-17H,2,5-6,8,10-11,22H2,(H,23,24,25,26)/t14-,15+,16-,17+/m0/s1. The van der Waals surface area contributed by atoms with Crippen LogP contribution in [0.4, 0.5) is 5.69 Å². The van der Waals surface area contributed by atoms with Crippen molar-refractivity contribution in [3.05, 3.63) is 24.3 Å². The van der Waals surface area contributed by atoms with Gasteiger partial charge in [-0.2, -0.15) is 10.5 Å². The molecule has 11 nitrogen and oxygen atoms in total. The molecule has 2 amide bonds. The molecule has 2 aromatic rings. The quantitative estimate of drug-likeness (QED) is 0.656. The smallest absolute Gasteiger partial charge is 0.244 e. The number of aromatic nitrogens is 4. The van der Waals surface area contributed by atoms with E-state index in [1.165, 1.54) is 0 Å². The second-order valence-electron chi connectivity index (χ2n) is 8.28. The van der Waals surface area contributed by atoms with E-state index in [0.717, 1.165) is 17.7 Å². The van der Waals surface area contributed by atoms with Crippen LogP contribution in [0.5, 0.6) is 0 Å². The number of H-pyrrole nitrogens is 1. The van der Waals surface area contributed by atoms with Crippen molar-refractivity contribution in [2.75, 3.05) is 24.5 Å². The average molecular weight is 421 g/mol. The zero-order chi connectivity index (χ0) is 21.5. The van der Waals surface area contributed by atoms with E-state index in [1.54, 1.807) is 4.90 Å². The highest BCUT2D eigenvalue weighted by Gasteiger charge is 2.50. The summed E-state index contributed by atoms with van der Waals surface area (Å²) in [5, 5.41) is 23.2. The summed E-state index contributed by atoms with van der Waals surface area (Å²) >= 11 is 0. The molecule has 11 heteroatoms. The molecule has 3 N–H and O–H groups in total. The van der Waals surface area contributed by atoms with Crippen molar-refractivity contribution >= 4 is 17.5 Å². The van der Waals surface area contributed by atoms with Gasteiger partial charge in [0.05, 0.1) is 24.2 Å². The topological polar surface area (TPSA) is 148 Å². The largest absolute Gasteiger partial charge is 0.325 e. The number of fused-ring (bicyclic) bond motifs is 2. The number of nitrogens with one attached hydrogen (secondary N) is 1. The lowest BCUT2D eigenvalue weighted by Crippen LogP contribution is -2.56. The lowest BCUT2D eigenvalue weighted by molar-refractivity contribution is -0.134. The van der Waals surface area contributed by atoms with Gasteiger partial charge < -0.3 is 15.5 Å². The Kier molecular flexibility index (Phi) is 4.88. The predicted octanol–water partition coefficient (Wildman–Crippen LogP) is -0.502. The average Bonchev–Trinajstić information content (AvgIpc) is 3.57. The van der Waals surface area contributed by atoms with Gasteiger partial charge in [0.15, 0.2) is 0 Å². The first-order valence-corrected chi connectivity index (χ1v) is 10.4. The van der Waals surface area contributed by atoms with Gasteiger partial charge in [-0.15, -0.1) is 10.2 Å². The fourth-order valence-electron chi connectivity index (χ4n) is 4.99. The lowest BCUT2D eigenvalue weighted by atomic mass is 10.1. The summed E-state index contributed by atoms with van der Waals surface area (Å²) < 4.78 is 0. The number of piperazine rings is 1. The molecule has 3 aliphatic rings. The molecule has 2 bridgehead atoms. The molecule has 5 rings (SSSR count). The van der Waals surface area contributed by atoms with Gasteiger partial charge in [0.25, 0.3) is 0 Å². The molecule has 3 fully saturated rings. The summed E-state index contributed by atoms with van der Waals surface area (Å²) in [6.45, 7) is 1.54. The number of carbonyl (C=O) groups is 2. The van der Waals surface area contributed by atoms with E-state index < -0.39 is 12.1 Å². The fourth-order valence-corrected chi connectivity index (χ4v) is 4.99. The summed E-state index contributed by atoms with van der Waals surface area (Å²) in [6, 6.07) is 8.31. The van der Waals surface area contributed by atoms with Gasteiger partial charge in [0.2, 0.25) is 17.6 Å². The Morgan fingerprint density at radius 1 is 1.42 bits per heavy atom. The van der Waals surface area contributed by atoms with E-state index in [2.05, 4.69) is 26.7 Å². The Morgan fingerprint density at radius 2 is 2.29 bits per heavy atom. The summed E-state index contributed by atoms with van der Waals surface area (Å²) in [4.78, 5) is 31.3. The van der Waals surface area contributed by atoms with Crippen molar-refractivity contribution in [3.63, 3.8) is 0 Å². The Morgan fingerprint density at radius 3 is 3.03 bits per heavy atom. The van der Waals surface area contributed by atoms with Crippen LogP contribution in [0.3, 0.4) is 0 Å². The van der Waals surface area contributed by atoms with Crippen molar-refractivity contribution in [1.29, 1.82) is 5.26 Å². The van der Waals surface area contributed by atoms with Crippen LogP contribution in [-0.2, 0) is 9.59 Å². The van der Waals surface area contributed by atoms with Crippen molar-refractivity contribution < 1.29 is 9.59 Å². The first-order valence-electron chi connectivity index (χ1n) is 10.4. The van der Waals surface area contributed by atoms with E-state index >= 15 is 0 Å². The number of amides is 2. The van der Waals surface area contributed by atoms with Crippen molar-refractivity contribution in [3.8, 4) is 17.5 Å². The minimum Gasteiger partial charge on any atom is -0.325 e. The fraction of sp³-hybridized carbons (Fsp3) is 0.500. The van der Waals surface area contributed by atoms with Crippen LogP contribution in [-0.4, -0.2) is 86.0 Å². The molecule has 3 saturated heterocycles. The molecule has 0 aliphatic carbocycles. The number of hydrogen-bond acceptors (Lipinski definition) is 8. The molecule has 1 aromatic carbocycles. The molecule has 0 spiro atoms. The van der Waals surface area contributed by atoms with Gasteiger partial charge in [-0.05, 0) is 36.6 Å². The normalized spacial score (nSPS) is 26.5. The Bertz CT molecular complexity index is 1030. The minimum absolute atomic E-state index is 0.0113. The van der Waals surface area contributed by atoms with E-state index in [1.807, 2.05) is 34.1 Å². The van der Waals surface area contributed by atoms with Gasteiger partial charge in [0.1, 0.15) is 6.04 Å². The SMILES string of the molecule is N#C[C@@H]1CCCN1C(=O)[C@@H](N)CN1C[C@H]2C[C@@H]1C(=O)N2c1cccc(-c2nn[nH]n2)c1. The molecule has 0 radical (unpaired) electrons. The zero-order valence-corrected chi connectivity index (χ0v) is 16.9. The third kappa shape index (κ3) is 3.34. The maximum absolute atomic E-state index is 13.1. The highest BCUT2D eigenvalue weighted by molar-refractivity contribution is 6.01. The Labute approximate surface area is 178 Å².